The molecule has 2 heterocycles. The Bertz CT molecular complexity index is 776. The van der Waals surface area contributed by atoms with Gasteiger partial charge in [-0.25, -0.2) is 14.8 Å². The standard InChI is InChI=1S/C14H13N3O2S/c1-2-12-15-9-5-3-4-6-11(9)17(12)7-13-16-10(8-20-13)14(18)19/h3-6,8H,2,7H2,1H3,(H,18,19). The summed E-state index contributed by atoms with van der Waals surface area (Å²) in [6.07, 6.45) is 0.825. The second-order valence-electron chi connectivity index (χ2n) is 4.39. The van der Waals surface area contributed by atoms with Gasteiger partial charge in [-0.15, -0.1) is 11.3 Å². The summed E-state index contributed by atoms with van der Waals surface area (Å²) in [5, 5.41) is 11.3. The highest BCUT2D eigenvalue weighted by atomic mass is 32.1. The van der Waals surface area contributed by atoms with E-state index in [-0.39, 0.29) is 5.69 Å². The van der Waals surface area contributed by atoms with Crippen LogP contribution >= 0.6 is 11.3 Å². The number of hydrogen-bond donors (Lipinski definition) is 1. The molecule has 0 radical (unpaired) electrons. The van der Waals surface area contributed by atoms with Crippen molar-refractivity contribution in [2.24, 2.45) is 0 Å². The zero-order chi connectivity index (χ0) is 14.1. The Hall–Kier alpha value is -2.21. The summed E-state index contributed by atoms with van der Waals surface area (Å²) in [5.74, 6) is -0.00280. The summed E-state index contributed by atoms with van der Waals surface area (Å²) in [6, 6.07) is 7.94. The first-order chi connectivity index (χ1) is 9.69. The molecule has 102 valence electrons. The third-order valence-electron chi connectivity index (χ3n) is 3.11. The molecule has 6 heteroatoms. The van der Waals surface area contributed by atoms with Crippen LogP contribution in [-0.2, 0) is 13.0 Å². The number of aromatic nitrogens is 3. The summed E-state index contributed by atoms with van der Waals surface area (Å²) in [6.45, 7) is 2.61. The Labute approximate surface area is 119 Å². The van der Waals surface area contributed by atoms with Crippen LogP contribution in [0.25, 0.3) is 11.0 Å². The third-order valence-corrected chi connectivity index (χ3v) is 3.95. The molecule has 1 aromatic carbocycles. The predicted molar refractivity (Wildman–Crippen MR) is 77.3 cm³/mol. The van der Waals surface area contributed by atoms with Gasteiger partial charge in [0.25, 0.3) is 0 Å². The van der Waals surface area contributed by atoms with E-state index in [1.807, 2.05) is 24.3 Å². The molecular weight excluding hydrogens is 274 g/mol. The van der Waals surface area contributed by atoms with Crippen LogP contribution in [0.2, 0.25) is 0 Å². The van der Waals surface area contributed by atoms with Crippen molar-refractivity contribution < 1.29 is 9.90 Å². The molecule has 1 N–H and O–H groups in total. The summed E-state index contributed by atoms with van der Waals surface area (Å²) < 4.78 is 2.10. The van der Waals surface area contributed by atoms with Crippen LogP contribution in [-0.4, -0.2) is 25.6 Å². The molecule has 0 bridgehead atoms. The van der Waals surface area contributed by atoms with Crippen molar-refractivity contribution in [1.29, 1.82) is 0 Å². The molecule has 0 atom stereocenters. The average Bonchev–Trinajstić information content (AvgIpc) is 3.04. The number of aromatic carboxylic acids is 1. The fourth-order valence-corrected chi connectivity index (χ4v) is 2.94. The number of aryl methyl sites for hydroxylation is 1. The van der Waals surface area contributed by atoms with Gasteiger partial charge < -0.3 is 9.67 Å². The molecule has 0 saturated carbocycles. The van der Waals surface area contributed by atoms with E-state index >= 15 is 0 Å². The molecule has 0 aliphatic carbocycles. The van der Waals surface area contributed by atoms with Crippen LogP contribution in [0.4, 0.5) is 0 Å². The maximum atomic E-state index is 10.9. The first kappa shape index (κ1) is 12.8. The lowest BCUT2D eigenvalue weighted by atomic mass is 10.3. The number of carboxylic acids is 1. The minimum absolute atomic E-state index is 0.104. The Balaban J connectivity index is 2.02. The Morgan fingerprint density at radius 3 is 2.85 bits per heavy atom. The topological polar surface area (TPSA) is 68.0 Å². The zero-order valence-electron chi connectivity index (χ0n) is 10.9. The van der Waals surface area contributed by atoms with Gasteiger partial charge in [0.05, 0.1) is 17.6 Å². The Morgan fingerprint density at radius 1 is 1.35 bits per heavy atom. The number of nitrogens with zero attached hydrogens (tertiary/aromatic N) is 3. The van der Waals surface area contributed by atoms with E-state index in [0.29, 0.717) is 6.54 Å². The van der Waals surface area contributed by atoms with Crippen LogP contribution in [0.3, 0.4) is 0 Å². The van der Waals surface area contributed by atoms with Gasteiger partial charge in [-0.1, -0.05) is 19.1 Å². The number of carbonyl (C=O) groups is 1. The van der Waals surface area contributed by atoms with Crippen molar-refractivity contribution in [3.05, 3.63) is 46.2 Å². The Kier molecular flexibility index (Phi) is 3.23. The van der Waals surface area contributed by atoms with E-state index in [0.717, 1.165) is 28.3 Å². The number of thiazole rings is 1. The summed E-state index contributed by atoms with van der Waals surface area (Å²) >= 11 is 1.36. The first-order valence-electron chi connectivity index (χ1n) is 6.31. The molecule has 0 aliphatic rings. The van der Waals surface area contributed by atoms with Crippen molar-refractivity contribution in [1.82, 2.24) is 14.5 Å². The van der Waals surface area contributed by atoms with Gasteiger partial charge in [-0.3, -0.25) is 0 Å². The lowest BCUT2D eigenvalue weighted by Crippen LogP contribution is -2.05. The quantitative estimate of drug-likeness (QED) is 0.801. The van der Waals surface area contributed by atoms with E-state index in [2.05, 4.69) is 21.5 Å². The number of rotatable bonds is 4. The molecule has 5 nitrogen and oxygen atoms in total. The van der Waals surface area contributed by atoms with Gasteiger partial charge in [0, 0.05) is 11.8 Å². The molecule has 3 rings (SSSR count). The third kappa shape index (κ3) is 2.18. The van der Waals surface area contributed by atoms with Gasteiger partial charge in [0.1, 0.15) is 10.8 Å². The van der Waals surface area contributed by atoms with Crippen molar-refractivity contribution in [3.63, 3.8) is 0 Å². The van der Waals surface area contributed by atoms with Crippen LogP contribution in [0.15, 0.2) is 29.6 Å². The minimum atomic E-state index is -0.987. The average molecular weight is 287 g/mol. The molecule has 20 heavy (non-hydrogen) atoms. The largest absolute Gasteiger partial charge is 0.476 e. The molecule has 0 aliphatic heterocycles. The Morgan fingerprint density at radius 2 is 2.15 bits per heavy atom. The number of imidazole rings is 1. The van der Waals surface area contributed by atoms with Crippen molar-refractivity contribution in [3.8, 4) is 0 Å². The van der Waals surface area contributed by atoms with E-state index < -0.39 is 5.97 Å². The van der Waals surface area contributed by atoms with Gasteiger partial charge in [-0.05, 0) is 12.1 Å². The van der Waals surface area contributed by atoms with E-state index in [4.69, 9.17) is 5.11 Å². The molecule has 0 unspecified atom stereocenters. The zero-order valence-corrected chi connectivity index (χ0v) is 11.7. The summed E-state index contributed by atoms with van der Waals surface area (Å²) in [5.41, 5.74) is 2.11. The molecule has 0 fully saturated rings. The number of fused-ring (bicyclic) bond motifs is 1. The van der Waals surface area contributed by atoms with E-state index in [9.17, 15) is 4.79 Å². The van der Waals surface area contributed by atoms with Crippen LogP contribution in [0.5, 0.6) is 0 Å². The highest BCUT2D eigenvalue weighted by Crippen LogP contribution is 2.20. The molecule has 2 aromatic heterocycles. The number of para-hydroxylation sites is 2. The number of benzene rings is 1. The lowest BCUT2D eigenvalue weighted by molar-refractivity contribution is 0.0691. The highest BCUT2D eigenvalue weighted by molar-refractivity contribution is 7.09. The van der Waals surface area contributed by atoms with Crippen molar-refractivity contribution in [2.75, 3.05) is 0 Å². The highest BCUT2D eigenvalue weighted by Gasteiger charge is 2.13. The van der Waals surface area contributed by atoms with Gasteiger partial charge >= 0.3 is 5.97 Å². The second-order valence-corrected chi connectivity index (χ2v) is 5.33. The van der Waals surface area contributed by atoms with Gasteiger partial charge in [-0.2, -0.15) is 0 Å². The molecular formula is C14H13N3O2S. The summed E-state index contributed by atoms with van der Waals surface area (Å²) in [4.78, 5) is 19.6. The maximum Gasteiger partial charge on any atom is 0.355 e. The first-order valence-corrected chi connectivity index (χ1v) is 7.19. The van der Waals surface area contributed by atoms with Crippen LogP contribution in [0.1, 0.15) is 28.2 Å². The van der Waals surface area contributed by atoms with Crippen LogP contribution in [0, 0.1) is 0 Å². The fraction of sp³-hybridized carbons (Fsp3) is 0.214. The van der Waals surface area contributed by atoms with Gasteiger partial charge in [0.2, 0.25) is 0 Å². The van der Waals surface area contributed by atoms with Crippen LogP contribution < -0.4 is 0 Å². The minimum Gasteiger partial charge on any atom is -0.476 e. The lowest BCUT2D eigenvalue weighted by Gasteiger charge is -2.05. The van der Waals surface area contributed by atoms with Gasteiger partial charge in [0.15, 0.2) is 5.69 Å². The smallest absolute Gasteiger partial charge is 0.355 e. The second kappa shape index (κ2) is 5.05. The molecule has 3 aromatic rings. The normalized spacial score (nSPS) is 11.1. The predicted octanol–water partition coefficient (Wildman–Crippen LogP) is 2.80. The molecule has 0 spiro atoms. The van der Waals surface area contributed by atoms with Crippen molar-refractivity contribution in [2.45, 2.75) is 19.9 Å². The maximum absolute atomic E-state index is 10.9. The van der Waals surface area contributed by atoms with E-state index in [1.165, 1.54) is 11.3 Å². The monoisotopic (exact) mass is 287 g/mol. The van der Waals surface area contributed by atoms with E-state index in [1.54, 1.807) is 5.38 Å². The van der Waals surface area contributed by atoms with Crippen molar-refractivity contribution >= 4 is 28.3 Å². The number of hydrogen-bond acceptors (Lipinski definition) is 4. The SMILES string of the molecule is CCc1nc2ccccc2n1Cc1nc(C(=O)O)cs1. The summed E-state index contributed by atoms with van der Waals surface area (Å²) in [7, 11) is 0. The fourth-order valence-electron chi connectivity index (χ4n) is 2.19. The molecule has 0 amide bonds. The molecule has 0 saturated heterocycles. The number of carboxylic acid groups (broad SMARTS) is 1.